The first-order valence-corrected chi connectivity index (χ1v) is 15.1. The summed E-state index contributed by atoms with van der Waals surface area (Å²) >= 11 is 12.3. The molecule has 2 aliphatic heterocycles. The minimum atomic E-state index is -0.894. The van der Waals surface area contributed by atoms with Crippen molar-refractivity contribution in [3.05, 3.63) is 69.7 Å². The number of hydrogen-bond acceptors (Lipinski definition) is 7. The number of carbonyl (C=O) groups excluding carboxylic acids is 3. The number of hydrogen-bond donors (Lipinski definition) is 1. The number of halogens is 2. The number of nitrogens with one attached hydrogen (secondary N) is 1. The summed E-state index contributed by atoms with van der Waals surface area (Å²) in [5.74, 6) is -0.653. The molecule has 42 heavy (non-hydrogen) atoms. The third-order valence-electron chi connectivity index (χ3n) is 9.63. The SMILES string of the molecule is C=CCN1CC[C@]23c4c5ccc(OC(C)=O)c4OC2C(NC(=O)C(C)c2ccc(Cl)c(Cl)c2)CC[C@@]3(OC(C)=O)[C@H]1C5. The van der Waals surface area contributed by atoms with Gasteiger partial charge in [0, 0.05) is 32.5 Å². The molecule has 1 saturated carbocycles. The Hall–Kier alpha value is -3.07. The van der Waals surface area contributed by atoms with Gasteiger partial charge in [-0.15, -0.1) is 6.58 Å². The fourth-order valence-corrected chi connectivity index (χ4v) is 8.37. The van der Waals surface area contributed by atoms with Crippen molar-refractivity contribution in [2.45, 2.75) is 81.6 Å². The number of esters is 2. The van der Waals surface area contributed by atoms with Crippen molar-refractivity contribution in [3.63, 3.8) is 0 Å². The molecule has 6 rings (SSSR count). The number of benzene rings is 2. The van der Waals surface area contributed by atoms with Gasteiger partial charge in [0.05, 0.1) is 33.5 Å². The van der Waals surface area contributed by atoms with E-state index < -0.39 is 29.0 Å². The first-order chi connectivity index (χ1) is 20.0. The van der Waals surface area contributed by atoms with Crippen molar-refractivity contribution >= 4 is 41.0 Å². The minimum absolute atomic E-state index is 0.107. The number of piperidine rings is 1. The van der Waals surface area contributed by atoms with Crippen molar-refractivity contribution < 1.29 is 28.6 Å². The Morgan fingerprint density at radius 1 is 1.17 bits per heavy atom. The van der Waals surface area contributed by atoms with Crippen LogP contribution in [0.5, 0.6) is 11.5 Å². The Morgan fingerprint density at radius 3 is 2.64 bits per heavy atom. The van der Waals surface area contributed by atoms with Crippen LogP contribution in [0.25, 0.3) is 0 Å². The van der Waals surface area contributed by atoms with Crippen LogP contribution in [0.4, 0.5) is 0 Å². The zero-order valence-electron chi connectivity index (χ0n) is 23.9. The molecular formula is C32H34Cl2N2O6. The molecule has 2 aromatic rings. The fraction of sp³-hybridized carbons (Fsp3) is 0.469. The van der Waals surface area contributed by atoms with E-state index in [0.29, 0.717) is 53.8 Å². The molecule has 0 radical (unpaired) electrons. The van der Waals surface area contributed by atoms with Gasteiger partial charge >= 0.3 is 11.9 Å². The summed E-state index contributed by atoms with van der Waals surface area (Å²) in [4.78, 5) is 40.9. The van der Waals surface area contributed by atoms with E-state index in [4.69, 9.17) is 37.4 Å². The van der Waals surface area contributed by atoms with Gasteiger partial charge in [0.2, 0.25) is 5.91 Å². The molecule has 222 valence electrons. The summed E-state index contributed by atoms with van der Waals surface area (Å²) in [5.41, 5.74) is 1.10. The lowest BCUT2D eigenvalue weighted by molar-refractivity contribution is -0.218. The summed E-state index contributed by atoms with van der Waals surface area (Å²) in [5, 5.41) is 4.08. The highest BCUT2D eigenvalue weighted by atomic mass is 35.5. The molecule has 1 amide bonds. The molecule has 2 aromatic carbocycles. The van der Waals surface area contributed by atoms with E-state index in [-0.39, 0.29) is 24.0 Å². The molecule has 10 heteroatoms. The number of carbonyl (C=O) groups is 3. The average molecular weight is 614 g/mol. The van der Waals surface area contributed by atoms with E-state index in [1.165, 1.54) is 13.8 Å². The van der Waals surface area contributed by atoms with Gasteiger partial charge in [-0.05, 0) is 61.9 Å². The van der Waals surface area contributed by atoms with Gasteiger partial charge < -0.3 is 19.5 Å². The molecule has 8 nitrogen and oxygen atoms in total. The molecule has 2 fully saturated rings. The van der Waals surface area contributed by atoms with E-state index in [1.807, 2.05) is 19.1 Å². The third-order valence-corrected chi connectivity index (χ3v) is 10.4. The lowest BCUT2D eigenvalue weighted by atomic mass is 9.48. The summed E-state index contributed by atoms with van der Waals surface area (Å²) in [6, 6.07) is 8.46. The third kappa shape index (κ3) is 4.25. The Morgan fingerprint density at radius 2 is 1.95 bits per heavy atom. The lowest BCUT2D eigenvalue weighted by Gasteiger charge is -2.65. The summed E-state index contributed by atoms with van der Waals surface area (Å²) in [6.45, 7) is 9.98. The van der Waals surface area contributed by atoms with Crippen molar-refractivity contribution in [2.24, 2.45) is 0 Å². The number of nitrogens with zero attached hydrogens (tertiary/aromatic N) is 1. The van der Waals surface area contributed by atoms with Gasteiger partial charge in [-0.1, -0.05) is 41.4 Å². The molecular weight excluding hydrogens is 579 g/mol. The molecule has 0 aromatic heterocycles. The van der Waals surface area contributed by atoms with Crippen LogP contribution in [0.15, 0.2) is 43.0 Å². The fourth-order valence-electron chi connectivity index (χ4n) is 8.06. The van der Waals surface area contributed by atoms with Crippen LogP contribution in [-0.2, 0) is 31.0 Å². The smallest absolute Gasteiger partial charge is 0.308 e. The summed E-state index contributed by atoms with van der Waals surface area (Å²) in [6.07, 6.45) is 3.68. The van der Waals surface area contributed by atoms with E-state index in [2.05, 4.69) is 16.8 Å². The Bertz CT molecular complexity index is 1500. The first kappa shape index (κ1) is 29.0. The highest BCUT2D eigenvalue weighted by Crippen LogP contribution is 2.66. The number of ether oxygens (including phenoxy) is 3. The van der Waals surface area contributed by atoms with Crippen LogP contribution in [0.3, 0.4) is 0 Å². The van der Waals surface area contributed by atoms with E-state index in [1.54, 1.807) is 24.3 Å². The van der Waals surface area contributed by atoms with Gasteiger partial charge in [-0.3, -0.25) is 19.3 Å². The molecule has 3 unspecified atom stereocenters. The normalized spacial score (nSPS) is 29.5. The van der Waals surface area contributed by atoms with E-state index >= 15 is 0 Å². The van der Waals surface area contributed by atoms with Crippen LogP contribution in [0, 0.1) is 0 Å². The molecule has 2 bridgehead atoms. The lowest BCUT2D eigenvalue weighted by Crippen LogP contribution is -2.79. The Labute approximate surface area is 255 Å². The Balaban J connectivity index is 1.45. The minimum Gasteiger partial charge on any atom is -0.483 e. The molecule has 2 heterocycles. The monoisotopic (exact) mass is 612 g/mol. The summed E-state index contributed by atoms with van der Waals surface area (Å²) in [7, 11) is 0. The molecule has 6 atom stereocenters. The molecule has 1 N–H and O–H groups in total. The predicted molar refractivity (Wildman–Crippen MR) is 158 cm³/mol. The number of rotatable bonds is 7. The second-order valence-corrected chi connectivity index (χ2v) is 12.6. The maximum Gasteiger partial charge on any atom is 0.308 e. The maximum atomic E-state index is 13.7. The van der Waals surface area contributed by atoms with E-state index in [9.17, 15) is 14.4 Å². The van der Waals surface area contributed by atoms with Gasteiger partial charge in [0.15, 0.2) is 11.5 Å². The average Bonchev–Trinajstić information content (AvgIpc) is 3.29. The predicted octanol–water partition coefficient (Wildman–Crippen LogP) is 5.12. The van der Waals surface area contributed by atoms with Crippen molar-refractivity contribution in [3.8, 4) is 11.5 Å². The highest BCUT2D eigenvalue weighted by Gasteiger charge is 2.75. The highest BCUT2D eigenvalue weighted by molar-refractivity contribution is 6.42. The molecule has 2 aliphatic carbocycles. The van der Waals surface area contributed by atoms with Crippen molar-refractivity contribution in [2.75, 3.05) is 13.1 Å². The van der Waals surface area contributed by atoms with Crippen LogP contribution in [0.1, 0.15) is 62.6 Å². The van der Waals surface area contributed by atoms with Gasteiger partial charge in [-0.2, -0.15) is 0 Å². The second kappa shape index (κ2) is 10.6. The topological polar surface area (TPSA) is 94.2 Å². The van der Waals surface area contributed by atoms with Gasteiger partial charge in [0.25, 0.3) is 0 Å². The molecule has 4 aliphatic rings. The van der Waals surface area contributed by atoms with Crippen LogP contribution in [0.2, 0.25) is 10.0 Å². The Kier molecular flexibility index (Phi) is 7.31. The quantitative estimate of drug-likeness (QED) is 0.263. The van der Waals surface area contributed by atoms with Crippen molar-refractivity contribution in [1.29, 1.82) is 0 Å². The maximum absolute atomic E-state index is 13.7. The largest absolute Gasteiger partial charge is 0.483 e. The zero-order chi connectivity index (χ0) is 30.0. The van der Waals surface area contributed by atoms with Crippen molar-refractivity contribution in [1.82, 2.24) is 10.2 Å². The second-order valence-electron chi connectivity index (χ2n) is 11.8. The zero-order valence-corrected chi connectivity index (χ0v) is 25.4. The molecule has 1 spiro atoms. The number of amides is 1. The summed E-state index contributed by atoms with van der Waals surface area (Å²) < 4.78 is 18.8. The number of likely N-dealkylation sites (tertiary alicyclic amines) is 1. The van der Waals surface area contributed by atoms with E-state index in [0.717, 1.165) is 23.2 Å². The van der Waals surface area contributed by atoms with Gasteiger partial charge in [-0.25, -0.2) is 0 Å². The first-order valence-electron chi connectivity index (χ1n) is 14.3. The molecule has 1 saturated heterocycles. The van der Waals surface area contributed by atoms with Crippen LogP contribution in [-0.4, -0.2) is 59.6 Å². The van der Waals surface area contributed by atoms with Crippen LogP contribution >= 0.6 is 23.2 Å². The standard InChI is InChI=1S/C32H34Cl2N2O6/c1-5-13-36-14-12-31-27-21-7-9-25(40-18(3)37)28(27)41-29(31)24(10-11-32(31,26(36)16-21)42-19(4)38)35-30(39)17(2)20-6-8-22(33)23(34)15-20/h5-9,15,17,24,26,29H,1,10-14,16H2,2-4H3,(H,35,39)/t17?,24?,26-,29?,31+,32-/m1/s1. The van der Waals surface area contributed by atoms with Gasteiger partial charge in [0.1, 0.15) is 11.7 Å². The van der Waals surface area contributed by atoms with Crippen LogP contribution < -0.4 is 14.8 Å².